The first-order chi connectivity index (χ1) is 12.1. The van der Waals surface area contributed by atoms with Crippen molar-refractivity contribution in [3.63, 3.8) is 0 Å². The highest BCUT2D eigenvalue weighted by Crippen LogP contribution is 2.23. The van der Waals surface area contributed by atoms with E-state index in [1.807, 2.05) is 24.3 Å². The molecule has 0 saturated heterocycles. The van der Waals surface area contributed by atoms with Gasteiger partial charge in [0.15, 0.2) is 6.10 Å². The van der Waals surface area contributed by atoms with Crippen molar-refractivity contribution in [3.05, 3.63) is 65.5 Å². The molecule has 0 spiro atoms. The summed E-state index contributed by atoms with van der Waals surface area (Å²) in [7, 11) is 0. The molecule has 0 saturated carbocycles. The largest absolute Gasteiger partial charge is 0.452 e. The van der Waals surface area contributed by atoms with Crippen molar-refractivity contribution >= 4 is 17.6 Å². The number of nitrogens with one attached hydrogen (secondary N) is 1. The smallest absolute Gasteiger partial charge is 0.311 e. The summed E-state index contributed by atoms with van der Waals surface area (Å²) >= 11 is 0. The highest BCUT2D eigenvalue weighted by molar-refractivity contribution is 5.95. The maximum absolute atomic E-state index is 12.9. The third-order valence-corrected chi connectivity index (χ3v) is 3.96. The Kier molecular flexibility index (Phi) is 6.14. The molecule has 2 rings (SSSR count). The monoisotopic (exact) mass is 357 g/mol. The number of rotatable bonds is 5. The molecule has 5 heteroatoms. The van der Waals surface area contributed by atoms with Crippen LogP contribution in [-0.2, 0) is 26.2 Å². The second-order valence-corrected chi connectivity index (χ2v) is 7.25. The van der Waals surface area contributed by atoms with Gasteiger partial charge in [0.25, 0.3) is 5.91 Å². The average Bonchev–Trinajstić information content (AvgIpc) is 2.56. The van der Waals surface area contributed by atoms with E-state index < -0.39 is 18.0 Å². The van der Waals surface area contributed by atoms with Crippen LogP contribution >= 0.6 is 0 Å². The zero-order valence-corrected chi connectivity index (χ0v) is 15.5. The molecule has 1 unspecified atom stereocenters. The van der Waals surface area contributed by atoms with E-state index in [1.54, 1.807) is 0 Å². The van der Waals surface area contributed by atoms with Crippen LogP contribution in [0.5, 0.6) is 0 Å². The summed E-state index contributed by atoms with van der Waals surface area (Å²) in [5, 5.41) is 2.73. The van der Waals surface area contributed by atoms with Crippen molar-refractivity contribution in [3.8, 4) is 0 Å². The van der Waals surface area contributed by atoms with Gasteiger partial charge in [0, 0.05) is 5.69 Å². The molecule has 0 heterocycles. The summed E-state index contributed by atoms with van der Waals surface area (Å²) in [5.41, 5.74) is 2.46. The first-order valence-electron chi connectivity index (χ1n) is 8.50. The Morgan fingerprint density at radius 2 is 1.62 bits per heavy atom. The van der Waals surface area contributed by atoms with Crippen molar-refractivity contribution in [1.29, 1.82) is 0 Å². The summed E-state index contributed by atoms with van der Waals surface area (Å²) in [4.78, 5) is 24.1. The first-order valence-corrected chi connectivity index (χ1v) is 8.50. The van der Waals surface area contributed by atoms with E-state index in [0.717, 1.165) is 5.56 Å². The molecular formula is C21H24FNO3. The molecular weight excluding hydrogens is 333 g/mol. The van der Waals surface area contributed by atoms with Crippen LogP contribution in [0.1, 0.15) is 38.8 Å². The molecule has 138 valence electrons. The summed E-state index contributed by atoms with van der Waals surface area (Å²) < 4.78 is 18.0. The Morgan fingerprint density at radius 1 is 1.04 bits per heavy atom. The Labute approximate surface area is 153 Å². The van der Waals surface area contributed by atoms with Crippen LogP contribution in [-0.4, -0.2) is 18.0 Å². The van der Waals surface area contributed by atoms with Crippen LogP contribution in [0, 0.1) is 5.82 Å². The van der Waals surface area contributed by atoms with Gasteiger partial charge in [-0.25, -0.2) is 4.39 Å². The lowest BCUT2D eigenvalue weighted by atomic mass is 9.87. The molecule has 0 aliphatic carbocycles. The molecule has 26 heavy (non-hydrogen) atoms. The van der Waals surface area contributed by atoms with Crippen molar-refractivity contribution < 1.29 is 18.7 Å². The number of amides is 1. The van der Waals surface area contributed by atoms with Gasteiger partial charge in [0.05, 0.1) is 6.42 Å². The highest BCUT2D eigenvalue weighted by atomic mass is 19.1. The molecule has 0 bridgehead atoms. The first kappa shape index (κ1) is 19.6. The van der Waals surface area contributed by atoms with Crippen molar-refractivity contribution in [2.24, 2.45) is 0 Å². The second-order valence-electron chi connectivity index (χ2n) is 7.25. The standard InChI is InChI=1S/C21H24FNO3/c1-14(26-19(24)13-15-5-9-17(22)10-6-15)20(25)23-18-11-7-16(8-12-18)21(2,3)4/h5-12,14H,13H2,1-4H3,(H,23,25). The lowest BCUT2D eigenvalue weighted by molar-refractivity contribution is -0.152. The van der Waals surface area contributed by atoms with E-state index in [-0.39, 0.29) is 17.7 Å². The maximum Gasteiger partial charge on any atom is 0.311 e. The minimum atomic E-state index is -0.926. The predicted octanol–water partition coefficient (Wildman–Crippen LogP) is 4.24. The number of carbonyl (C=O) groups is 2. The molecule has 0 fully saturated rings. The predicted molar refractivity (Wildman–Crippen MR) is 99.4 cm³/mol. The fraction of sp³-hybridized carbons (Fsp3) is 0.333. The fourth-order valence-electron chi connectivity index (χ4n) is 2.36. The number of anilines is 1. The minimum absolute atomic E-state index is 0.0157. The zero-order valence-electron chi connectivity index (χ0n) is 15.5. The van der Waals surface area contributed by atoms with Crippen LogP contribution in [0.4, 0.5) is 10.1 Å². The molecule has 1 N–H and O–H groups in total. The quantitative estimate of drug-likeness (QED) is 0.815. The third kappa shape index (κ3) is 5.69. The molecule has 1 atom stereocenters. The summed E-state index contributed by atoms with van der Waals surface area (Å²) in [5.74, 6) is -1.31. The van der Waals surface area contributed by atoms with Gasteiger partial charge >= 0.3 is 5.97 Å². The van der Waals surface area contributed by atoms with Gasteiger partial charge in [-0.05, 0) is 47.7 Å². The summed E-state index contributed by atoms with van der Waals surface area (Å²) in [6, 6.07) is 13.1. The highest BCUT2D eigenvalue weighted by Gasteiger charge is 2.19. The van der Waals surface area contributed by atoms with Gasteiger partial charge in [-0.1, -0.05) is 45.0 Å². The molecule has 0 radical (unpaired) electrons. The SMILES string of the molecule is CC(OC(=O)Cc1ccc(F)cc1)C(=O)Nc1ccc(C(C)(C)C)cc1. The number of benzene rings is 2. The Hall–Kier alpha value is -2.69. The molecule has 4 nitrogen and oxygen atoms in total. The van der Waals surface area contributed by atoms with Gasteiger partial charge in [0.1, 0.15) is 5.82 Å². The third-order valence-electron chi connectivity index (χ3n) is 3.96. The fourth-order valence-corrected chi connectivity index (χ4v) is 2.36. The van der Waals surface area contributed by atoms with E-state index in [9.17, 15) is 14.0 Å². The Balaban J connectivity index is 1.88. The molecule has 2 aromatic carbocycles. The molecule has 0 aromatic heterocycles. The Bertz CT molecular complexity index is 761. The van der Waals surface area contributed by atoms with Gasteiger partial charge in [-0.3, -0.25) is 9.59 Å². The number of esters is 1. The van der Waals surface area contributed by atoms with Crippen LogP contribution in [0.3, 0.4) is 0 Å². The van der Waals surface area contributed by atoms with Crippen molar-refractivity contribution in [2.75, 3.05) is 5.32 Å². The Morgan fingerprint density at radius 3 is 2.15 bits per heavy atom. The van der Waals surface area contributed by atoms with Gasteiger partial charge < -0.3 is 10.1 Å². The summed E-state index contributed by atoms with van der Waals surface area (Å²) in [6.45, 7) is 7.86. The van der Waals surface area contributed by atoms with Crippen LogP contribution in [0.15, 0.2) is 48.5 Å². The number of carbonyl (C=O) groups excluding carboxylic acids is 2. The van der Waals surface area contributed by atoms with Gasteiger partial charge in [0.2, 0.25) is 0 Å². The van der Waals surface area contributed by atoms with Crippen molar-refractivity contribution in [1.82, 2.24) is 0 Å². The van der Waals surface area contributed by atoms with Crippen LogP contribution in [0.2, 0.25) is 0 Å². The zero-order chi connectivity index (χ0) is 19.3. The van der Waals surface area contributed by atoms with Gasteiger partial charge in [-0.15, -0.1) is 0 Å². The minimum Gasteiger partial charge on any atom is -0.452 e. The summed E-state index contributed by atoms with van der Waals surface area (Å²) in [6.07, 6.45) is -0.941. The van der Waals surface area contributed by atoms with E-state index in [2.05, 4.69) is 26.1 Å². The van der Waals surface area contributed by atoms with Crippen LogP contribution < -0.4 is 5.32 Å². The van der Waals surface area contributed by atoms with Crippen LogP contribution in [0.25, 0.3) is 0 Å². The number of halogens is 1. The second kappa shape index (κ2) is 8.13. The normalized spacial score (nSPS) is 12.3. The maximum atomic E-state index is 12.9. The van der Waals surface area contributed by atoms with Crippen molar-refractivity contribution in [2.45, 2.75) is 45.6 Å². The molecule has 1 amide bonds. The number of hydrogen-bond acceptors (Lipinski definition) is 3. The molecule has 2 aromatic rings. The average molecular weight is 357 g/mol. The topological polar surface area (TPSA) is 55.4 Å². The lowest BCUT2D eigenvalue weighted by Crippen LogP contribution is -2.30. The lowest BCUT2D eigenvalue weighted by Gasteiger charge is -2.19. The molecule has 0 aliphatic heterocycles. The van der Waals surface area contributed by atoms with E-state index >= 15 is 0 Å². The number of hydrogen-bond donors (Lipinski definition) is 1. The van der Waals surface area contributed by atoms with Gasteiger partial charge in [-0.2, -0.15) is 0 Å². The number of ether oxygens (including phenoxy) is 1. The van der Waals surface area contributed by atoms with E-state index in [1.165, 1.54) is 31.2 Å². The van der Waals surface area contributed by atoms with E-state index in [4.69, 9.17) is 4.74 Å². The molecule has 0 aliphatic rings. The van der Waals surface area contributed by atoms with E-state index in [0.29, 0.717) is 11.3 Å².